The first-order valence-electron chi connectivity index (χ1n) is 10.3. The molecule has 3 aromatic heterocycles. The molecule has 0 radical (unpaired) electrons. The molecule has 1 saturated carbocycles. The highest BCUT2D eigenvalue weighted by Crippen LogP contribution is 2.25. The third-order valence-electron chi connectivity index (χ3n) is 5.89. The van der Waals surface area contributed by atoms with Crippen molar-refractivity contribution in [2.45, 2.75) is 44.6 Å². The lowest BCUT2D eigenvalue weighted by Crippen LogP contribution is -2.36. The fraction of sp³-hybridized carbons (Fsp3) is 0.348. The van der Waals surface area contributed by atoms with Gasteiger partial charge in [-0.05, 0) is 54.7 Å². The van der Waals surface area contributed by atoms with E-state index in [2.05, 4.69) is 39.6 Å². The van der Waals surface area contributed by atoms with Gasteiger partial charge in [0.15, 0.2) is 0 Å². The number of carbonyl (C=O) groups excluding carboxylic acids is 1. The molecule has 1 N–H and O–H groups in total. The van der Waals surface area contributed by atoms with Crippen molar-refractivity contribution < 1.29 is 4.79 Å². The maximum atomic E-state index is 12.9. The number of hydrogen-bond acceptors (Lipinski definition) is 4. The summed E-state index contributed by atoms with van der Waals surface area (Å²) in [5, 5.41) is 4.31. The molecule has 1 aliphatic rings. The molecule has 0 spiro atoms. The number of aromatic nitrogens is 3. The van der Waals surface area contributed by atoms with Crippen molar-refractivity contribution in [2.24, 2.45) is 7.05 Å². The number of benzene rings is 1. The molecule has 1 amide bonds. The summed E-state index contributed by atoms with van der Waals surface area (Å²) in [6.07, 6.45) is 8.58. The Morgan fingerprint density at radius 3 is 2.93 bits per heavy atom. The van der Waals surface area contributed by atoms with E-state index in [4.69, 9.17) is 0 Å². The summed E-state index contributed by atoms with van der Waals surface area (Å²) in [5.41, 5.74) is 6.63. The van der Waals surface area contributed by atoms with Crippen LogP contribution in [-0.2, 0) is 13.5 Å². The fourth-order valence-electron chi connectivity index (χ4n) is 4.30. The number of nitrogens with one attached hydrogen (secondary N) is 1. The summed E-state index contributed by atoms with van der Waals surface area (Å²) in [6.45, 7) is 0. The summed E-state index contributed by atoms with van der Waals surface area (Å²) in [7, 11) is 1.98. The monoisotopic (exact) mass is 404 g/mol. The van der Waals surface area contributed by atoms with Crippen LogP contribution in [0.15, 0.2) is 42.0 Å². The van der Waals surface area contributed by atoms with Gasteiger partial charge in [-0.1, -0.05) is 25.3 Å². The molecule has 5 rings (SSSR count). The summed E-state index contributed by atoms with van der Waals surface area (Å²) < 4.78 is 3.18. The molecule has 29 heavy (non-hydrogen) atoms. The van der Waals surface area contributed by atoms with Gasteiger partial charge < -0.3 is 9.88 Å². The summed E-state index contributed by atoms with van der Waals surface area (Å²) in [5.74, 6) is -0.0563. The molecule has 0 aliphatic heterocycles. The predicted octanol–water partition coefficient (Wildman–Crippen LogP) is 4.84. The summed E-state index contributed by atoms with van der Waals surface area (Å²) in [4.78, 5) is 22.0. The Morgan fingerprint density at radius 2 is 2.07 bits per heavy atom. The molecule has 1 fully saturated rings. The van der Waals surface area contributed by atoms with Crippen LogP contribution in [0.3, 0.4) is 0 Å². The van der Waals surface area contributed by atoms with Gasteiger partial charge in [-0.2, -0.15) is 0 Å². The smallest absolute Gasteiger partial charge is 0.270 e. The second-order valence-corrected chi connectivity index (χ2v) is 8.86. The third-order valence-corrected chi connectivity index (χ3v) is 6.68. The summed E-state index contributed by atoms with van der Waals surface area (Å²) in [6, 6.07) is 10.7. The van der Waals surface area contributed by atoms with E-state index in [0.29, 0.717) is 5.69 Å². The molecule has 148 valence electrons. The Labute approximate surface area is 173 Å². The van der Waals surface area contributed by atoms with Crippen LogP contribution < -0.4 is 5.32 Å². The van der Waals surface area contributed by atoms with Gasteiger partial charge >= 0.3 is 0 Å². The van der Waals surface area contributed by atoms with Gasteiger partial charge in [0, 0.05) is 24.7 Å². The largest absolute Gasteiger partial charge is 0.348 e. The zero-order valence-electron chi connectivity index (χ0n) is 16.5. The van der Waals surface area contributed by atoms with Crippen LogP contribution in [0.2, 0.25) is 0 Å². The molecule has 1 aromatic carbocycles. The lowest BCUT2D eigenvalue weighted by Gasteiger charge is -2.22. The molecule has 5 nitrogen and oxygen atoms in total. The van der Waals surface area contributed by atoms with Crippen molar-refractivity contribution in [1.29, 1.82) is 0 Å². The molecular formula is C23H24N4OS. The molecule has 4 aromatic rings. The van der Waals surface area contributed by atoms with E-state index in [1.807, 2.05) is 29.4 Å². The number of pyridine rings is 1. The second-order valence-electron chi connectivity index (χ2n) is 7.97. The SMILES string of the molecule is Cn1ccc2c(Cc3ccc4ncsc4c3)cc(C(=O)NC3CCCCC3)nc21. The van der Waals surface area contributed by atoms with Crippen LogP contribution in [0.25, 0.3) is 21.3 Å². The Balaban J connectivity index is 1.49. The molecule has 0 saturated heterocycles. The number of amides is 1. The first kappa shape index (κ1) is 18.3. The Hall–Kier alpha value is -2.73. The highest BCUT2D eigenvalue weighted by Gasteiger charge is 2.19. The van der Waals surface area contributed by atoms with Gasteiger partial charge in [0.25, 0.3) is 5.91 Å². The van der Waals surface area contributed by atoms with Crippen LogP contribution in [0, 0.1) is 0 Å². The topological polar surface area (TPSA) is 59.8 Å². The number of nitrogens with zero attached hydrogens (tertiary/aromatic N) is 3. The van der Waals surface area contributed by atoms with Crippen LogP contribution in [0.1, 0.15) is 53.7 Å². The zero-order chi connectivity index (χ0) is 19.8. The first-order valence-corrected chi connectivity index (χ1v) is 11.1. The number of fused-ring (bicyclic) bond motifs is 2. The van der Waals surface area contributed by atoms with Crippen LogP contribution >= 0.6 is 11.3 Å². The van der Waals surface area contributed by atoms with Crippen molar-refractivity contribution in [2.75, 3.05) is 0 Å². The van der Waals surface area contributed by atoms with E-state index in [1.165, 1.54) is 29.5 Å². The van der Waals surface area contributed by atoms with Gasteiger partial charge in [0.05, 0.1) is 15.7 Å². The van der Waals surface area contributed by atoms with Crippen LogP contribution in [0.4, 0.5) is 0 Å². The minimum absolute atomic E-state index is 0.0563. The first-order chi connectivity index (χ1) is 14.2. The molecule has 0 unspecified atom stereocenters. The molecular weight excluding hydrogens is 380 g/mol. The number of carbonyl (C=O) groups is 1. The highest BCUT2D eigenvalue weighted by atomic mass is 32.1. The third kappa shape index (κ3) is 3.65. The van der Waals surface area contributed by atoms with E-state index < -0.39 is 0 Å². The average Bonchev–Trinajstić information content (AvgIpc) is 3.35. The van der Waals surface area contributed by atoms with Gasteiger partial charge in [-0.15, -0.1) is 11.3 Å². The van der Waals surface area contributed by atoms with E-state index in [9.17, 15) is 4.79 Å². The van der Waals surface area contributed by atoms with E-state index in [1.54, 1.807) is 11.3 Å². The molecule has 3 heterocycles. The lowest BCUT2D eigenvalue weighted by molar-refractivity contribution is 0.0923. The average molecular weight is 405 g/mol. The van der Waals surface area contributed by atoms with Gasteiger partial charge in [0.2, 0.25) is 0 Å². The number of hydrogen-bond donors (Lipinski definition) is 1. The van der Waals surface area contributed by atoms with E-state index >= 15 is 0 Å². The minimum atomic E-state index is -0.0563. The Kier molecular flexibility index (Phi) is 4.79. The molecule has 0 bridgehead atoms. The number of thiazole rings is 1. The van der Waals surface area contributed by atoms with E-state index in [-0.39, 0.29) is 11.9 Å². The number of rotatable bonds is 4. The Bertz CT molecular complexity index is 1190. The molecule has 6 heteroatoms. The van der Waals surface area contributed by atoms with E-state index in [0.717, 1.165) is 41.4 Å². The molecule has 0 atom stereocenters. The number of aryl methyl sites for hydroxylation is 1. The van der Waals surface area contributed by atoms with Gasteiger partial charge in [-0.3, -0.25) is 4.79 Å². The predicted molar refractivity (Wildman–Crippen MR) is 117 cm³/mol. The van der Waals surface area contributed by atoms with Crippen molar-refractivity contribution in [1.82, 2.24) is 19.9 Å². The van der Waals surface area contributed by atoms with Crippen molar-refractivity contribution in [3.05, 3.63) is 58.9 Å². The van der Waals surface area contributed by atoms with Gasteiger partial charge in [0.1, 0.15) is 11.3 Å². The lowest BCUT2D eigenvalue weighted by atomic mass is 9.95. The van der Waals surface area contributed by atoms with Crippen LogP contribution in [0.5, 0.6) is 0 Å². The second kappa shape index (κ2) is 7.59. The summed E-state index contributed by atoms with van der Waals surface area (Å²) >= 11 is 1.66. The maximum Gasteiger partial charge on any atom is 0.270 e. The quantitative estimate of drug-likeness (QED) is 0.530. The standard InChI is InChI=1S/C23H24N4OS/c1-27-10-9-18-16(11-15-7-8-19-21(12-15)29-14-24-19)13-20(26-22(18)27)23(28)25-17-5-3-2-4-6-17/h7-10,12-14,17H,2-6,11H2,1H3,(H,25,28). The van der Waals surface area contributed by atoms with Crippen molar-refractivity contribution in [3.63, 3.8) is 0 Å². The minimum Gasteiger partial charge on any atom is -0.348 e. The Morgan fingerprint density at radius 1 is 1.21 bits per heavy atom. The normalized spacial score (nSPS) is 15.2. The zero-order valence-corrected chi connectivity index (χ0v) is 17.3. The molecule has 1 aliphatic carbocycles. The van der Waals surface area contributed by atoms with Crippen molar-refractivity contribution >= 4 is 38.5 Å². The highest BCUT2D eigenvalue weighted by molar-refractivity contribution is 7.16. The fourth-order valence-corrected chi connectivity index (χ4v) is 5.04. The van der Waals surface area contributed by atoms with Crippen molar-refractivity contribution in [3.8, 4) is 0 Å². The maximum absolute atomic E-state index is 12.9. The van der Waals surface area contributed by atoms with Crippen LogP contribution in [-0.4, -0.2) is 26.5 Å². The van der Waals surface area contributed by atoms with Gasteiger partial charge in [-0.25, -0.2) is 9.97 Å².